The molecule has 1 aliphatic carbocycles. The summed E-state index contributed by atoms with van der Waals surface area (Å²) in [7, 11) is 0. The van der Waals surface area contributed by atoms with Gasteiger partial charge in [-0.3, -0.25) is 20.0 Å². The second-order valence-corrected chi connectivity index (χ2v) is 6.72. The molecule has 0 spiro atoms. The Morgan fingerprint density at radius 1 is 1.08 bits per heavy atom. The lowest BCUT2D eigenvalue weighted by Gasteiger charge is -2.39. The Hall–Kier alpha value is -2.21. The summed E-state index contributed by atoms with van der Waals surface area (Å²) in [6.45, 7) is 4.05. The fourth-order valence-electron chi connectivity index (χ4n) is 4.15. The van der Waals surface area contributed by atoms with E-state index in [1.807, 2.05) is 6.07 Å². The number of hydrogen-bond acceptors (Lipinski definition) is 5. The minimum atomic E-state index is -0.328. The van der Waals surface area contributed by atoms with E-state index in [1.54, 1.807) is 24.4 Å². The van der Waals surface area contributed by atoms with E-state index in [0.29, 0.717) is 5.39 Å². The molecule has 2 heterocycles. The second-order valence-electron chi connectivity index (χ2n) is 6.72. The molecule has 2 aliphatic rings. The largest absolute Gasteiger partial charge is 0.367 e. The number of fused-ring (bicyclic) bond motifs is 1. The highest BCUT2D eigenvalue weighted by Crippen LogP contribution is 2.33. The van der Waals surface area contributed by atoms with Crippen molar-refractivity contribution in [3.8, 4) is 0 Å². The summed E-state index contributed by atoms with van der Waals surface area (Å²) in [5.74, 6) is 0. The van der Waals surface area contributed by atoms with Gasteiger partial charge < -0.3 is 4.90 Å². The Labute approximate surface area is 141 Å². The van der Waals surface area contributed by atoms with Crippen LogP contribution in [0.1, 0.15) is 25.7 Å². The van der Waals surface area contributed by atoms with Crippen molar-refractivity contribution in [2.45, 2.75) is 31.7 Å². The zero-order valence-electron chi connectivity index (χ0n) is 13.7. The average Bonchev–Trinajstić information content (AvgIpc) is 3.15. The molecule has 1 aromatic heterocycles. The first-order valence-corrected chi connectivity index (χ1v) is 8.75. The summed E-state index contributed by atoms with van der Waals surface area (Å²) in [4.78, 5) is 20.3. The summed E-state index contributed by atoms with van der Waals surface area (Å²) >= 11 is 0. The monoisotopic (exact) mass is 326 g/mol. The standard InChI is InChI=1S/C18H22N4O2/c23-22(24)16-7-8-17(18-15(16)6-3-9-19-18)21-12-10-20(11-13-21)14-4-1-2-5-14/h3,6-9,14H,1-2,4-5,10-13H2. The van der Waals surface area contributed by atoms with Crippen molar-refractivity contribution in [3.05, 3.63) is 40.6 Å². The van der Waals surface area contributed by atoms with Gasteiger partial charge in [0, 0.05) is 44.5 Å². The van der Waals surface area contributed by atoms with Crippen molar-refractivity contribution in [1.82, 2.24) is 9.88 Å². The van der Waals surface area contributed by atoms with Gasteiger partial charge in [0.25, 0.3) is 5.69 Å². The highest BCUT2D eigenvalue weighted by Gasteiger charge is 2.27. The van der Waals surface area contributed by atoms with Crippen LogP contribution in [0.5, 0.6) is 0 Å². The van der Waals surface area contributed by atoms with Gasteiger partial charge in [-0.25, -0.2) is 0 Å². The van der Waals surface area contributed by atoms with E-state index in [-0.39, 0.29) is 10.6 Å². The van der Waals surface area contributed by atoms with Crippen molar-refractivity contribution in [3.63, 3.8) is 0 Å². The number of aromatic nitrogens is 1. The van der Waals surface area contributed by atoms with E-state index in [0.717, 1.165) is 43.4 Å². The van der Waals surface area contributed by atoms with Gasteiger partial charge in [-0.1, -0.05) is 12.8 Å². The molecular formula is C18H22N4O2. The number of rotatable bonds is 3. The number of nitro benzene ring substituents is 1. The molecule has 6 nitrogen and oxygen atoms in total. The molecule has 0 bridgehead atoms. The Bertz CT molecular complexity index is 750. The average molecular weight is 326 g/mol. The lowest BCUT2D eigenvalue weighted by atomic mass is 10.1. The molecule has 6 heteroatoms. The minimum absolute atomic E-state index is 0.131. The smallest absolute Gasteiger partial charge is 0.278 e. The maximum Gasteiger partial charge on any atom is 0.278 e. The van der Waals surface area contributed by atoms with E-state index in [2.05, 4.69) is 14.8 Å². The molecule has 4 rings (SSSR count). The molecule has 1 aliphatic heterocycles. The highest BCUT2D eigenvalue weighted by molar-refractivity contribution is 5.97. The van der Waals surface area contributed by atoms with E-state index < -0.39 is 0 Å². The molecule has 2 fully saturated rings. The van der Waals surface area contributed by atoms with Crippen LogP contribution >= 0.6 is 0 Å². The third-order valence-corrected chi connectivity index (χ3v) is 5.42. The van der Waals surface area contributed by atoms with Crippen molar-refractivity contribution in [1.29, 1.82) is 0 Å². The van der Waals surface area contributed by atoms with E-state index in [1.165, 1.54) is 25.7 Å². The van der Waals surface area contributed by atoms with Gasteiger partial charge in [0.05, 0.1) is 16.0 Å². The second kappa shape index (κ2) is 6.36. The summed E-state index contributed by atoms with van der Waals surface area (Å²) in [5, 5.41) is 11.9. The van der Waals surface area contributed by atoms with Gasteiger partial charge in [0.2, 0.25) is 0 Å². The zero-order valence-corrected chi connectivity index (χ0v) is 13.7. The quantitative estimate of drug-likeness (QED) is 0.640. The SMILES string of the molecule is O=[N+]([O-])c1ccc(N2CCN(C3CCCC3)CC2)c2ncccc12. The van der Waals surface area contributed by atoms with Crippen LogP contribution in [-0.4, -0.2) is 47.0 Å². The number of pyridine rings is 1. The van der Waals surface area contributed by atoms with Crippen LogP contribution in [0, 0.1) is 10.1 Å². The van der Waals surface area contributed by atoms with Gasteiger partial charge in [-0.05, 0) is 31.0 Å². The van der Waals surface area contributed by atoms with Gasteiger partial charge in [-0.15, -0.1) is 0 Å². The fraction of sp³-hybridized carbons (Fsp3) is 0.500. The van der Waals surface area contributed by atoms with E-state index >= 15 is 0 Å². The molecule has 1 saturated heterocycles. The van der Waals surface area contributed by atoms with Crippen LogP contribution in [0.4, 0.5) is 11.4 Å². The first-order valence-electron chi connectivity index (χ1n) is 8.75. The van der Waals surface area contributed by atoms with Crippen LogP contribution in [0.2, 0.25) is 0 Å². The summed E-state index contributed by atoms with van der Waals surface area (Å²) in [6, 6.07) is 7.79. The van der Waals surface area contributed by atoms with Crippen LogP contribution in [0.3, 0.4) is 0 Å². The van der Waals surface area contributed by atoms with Gasteiger partial charge in [0.15, 0.2) is 0 Å². The Kier molecular flexibility index (Phi) is 4.06. The molecular weight excluding hydrogens is 304 g/mol. The van der Waals surface area contributed by atoms with Gasteiger partial charge in [0.1, 0.15) is 5.52 Å². The van der Waals surface area contributed by atoms with Crippen molar-refractivity contribution in [2.75, 3.05) is 31.1 Å². The lowest BCUT2D eigenvalue weighted by Crippen LogP contribution is -2.49. The summed E-state index contributed by atoms with van der Waals surface area (Å²) in [6.07, 6.45) is 7.11. The number of anilines is 1. The Balaban J connectivity index is 1.59. The minimum Gasteiger partial charge on any atom is -0.367 e. The molecule has 1 aromatic carbocycles. The molecule has 2 aromatic rings. The number of nitro groups is 1. The molecule has 24 heavy (non-hydrogen) atoms. The van der Waals surface area contributed by atoms with Crippen LogP contribution < -0.4 is 4.90 Å². The third-order valence-electron chi connectivity index (χ3n) is 5.42. The van der Waals surface area contributed by atoms with Crippen LogP contribution in [0.25, 0.3) is 10.9 Å². The molecule has 0 N–H and O–H groups in total. The fourth-order valence-corrected chi connectivity index (χ4v) is 4.15. The zero-order chi connectivity index (χ0) is 16.5. The van der Waals surface area contributed by atoms with Crippen LogP contribution in [0.15, 0.2) is 30.5 Å². The highest BCUT2D eigenvalue weighted by atomic mass is 16.6. The Morgan fingerprint density at radius 3 is 2.54 bits per heavy atom. The molecule has 1 saturated carbocycles. The topological polar surface area (TPSA) is 62.5 Å². The molecule has 0 radical (unpaired) electrons. The number of benzene rings is 1. The Morgan fingerprint density at radius 2 is 1.83 bits per heavy atom. The molecule has 0 unspecified atom stereocenters. The van der Waals surface area contributed by atoms with Gasteiger partial charge in [-0.2, -0.15) is 0 Å². The first-order chi connectivity index (χ1) is 11.7. The maximum absolute atomic E-state index is 11.2. The van der Waals surface area contributed by atoms with Crippen molar-refractivity contribution in [2.24, 2.45) is 0 Å². The van der Waals surface area contributed by atoms with Gasteiger partial charge >= 0.3 is 0 Å². The lowest BCUT2D eigenvalue weighted by molar-refractivity contribution is -0.383. The molecule has 0 atom stereocenters. The predicted octanol–water partition coefficient (Wildman–Crippen LogP) is 3.21. The molecule has 0 amide bonds. The first kappa shape index (κ1) is 15.3. The third kappa shape index (κ3) is 2.71. The number of non-ortho nitro benzene ring substituents is 1. The number of nitrogens with zero attached hydrogens (tertiary/aromatic N) is 4. The summed E-state index contributed by atoms with van der Waals surface area (Å²) < 4.78 is 0. The number of hydrogen-bond donors (Lipinski definition) is 0. The number of piperazine rings is 1. The van der Waals surface area contributed by atoms with E-state index in [9.17, 15) is 10.1 Å². The molecule has 126 valence electrons. The normalized spacial score (nSPS) is 19.9. The van der Waals surface area contributed by atoms with E-state index in [4.69, 9.17) is 0 Å². The summed E-state index contributed by atoms with van der Waals surface area (Å²) in [5.41, 5.74) is 1.88. The van der Waals surface area contributed by atoms with Crippen molar-refractivity contribution < 1.29 is 4.92 Å². The maximum atomic E-state index is 11.2. The van der Waals surface area contributed by atoms with Crippen molar-refractivity contribution >= 4 is 22.3 Å². The van der Waals surface area contributed by atoms with Crippen LogP contribution in [-0.2, 0) is 0 Å². The predicted molar refractivity (Wildman–Crippen MR) is 94.4 cm³/mol.